The number of carbonyl (C=O) groups excluding carboxylic acids is 3. The van der Waals surface area contributed by atoms with E-state index in [1.165, 1.54) is 23.1 Å². The second-order valence-electron chi connectivity index (χ2n) is 11.1. The van der Waals surface area contributed by atoms with Gasteiger partial charge in [0, 0.05) is 31.6 Å². The molecule has 50 heavy (non-hydrogen) atoms. The Kier molecular flexibility index (Phi) is 11.2. The number of anilines is 2. The SMILES string of the molecule is Cc1sc(NC(=O)C(Sc2cccc(NC(=O)/C(=C/c3cccc(Cl)c3)NC(=O)c3ccccc3)c2)c2ccccc2)nc1-c1ccccc1. The largest absolute Gasteiger partial charge is 0.321 e. The molecule has 0 aliphatic heterocycles. The molecule has 0 spiro atoms. The number of nitrogens with one attached hydrogen (secondary N) is 3. The third kappa shape index (κ3) is 8.95. The van der Waals surface area contributed by atoms with E-state index in [0.29, 0.717) is 27.0 Å². The average molecular weight is 715 g/mol. The van der Waals surface area contributed by atoms with Crippen LogP contribution in [0.1, 0.15) is 31.6 Å². The molecule has 7 nitrogen and oxygen atoms in total. The van der Waals surface area contributed by atoms with Gasteiger partial charge < -0.3 is 16.0 Å². The first-order valence-electron chi connectivity index (χ1n) is 15.6. The normalized spacial score (nSPS) is 11.8. The first kappa shape index (κ1) is 34.4. The van der Waals surface area contributed by atoms with Gasteiger partial charge in [-0.15, -0.1) is 23.1 Å². The Morgan fingerprint density at radius 2 is 1.46 bits per heavy atom. The van der Waals surface area contributed by atoms with Crippen molar-refractivity contribution in [2.45, 2.75) is 17.1 Å². The third-order valence-corrected chi connectivity index (χ3v) is 9.82. The van der Waals surface area contributed by atoms with Crippen molar-refractivity contribution in [3.63, 3.8) is 0 Å². The smallest absolute Gasteiger partial charge is 0.272 e. The van der Waals surface area contributed by atoms with Crippen molar-refractivity contribution in [1.82, 2.24) is 10.3 Å². The van der Waals surface area contributed by atoms with Gasteiger partial charge in [-0.1, -0.05) is 109 Å². The van der Waals surface area contributed by atoms with Gasteiger partial charge in [-0.05, 0) is 66.6 Å². The van der Waals surface area contributed by atoms with E-state index in [9.17, 15) is 14.4 Å². The Hall–Kier alpha value is -5.48. The number of carbonyl (C=O) groups is 3. The van der Waals surface area contributed by atoms with Gasteiger partial charge in [0.25, 0.3) is 11.8 Å². The van der Waals surface area contributed by atoms with E-state index in [1.54, 1.807) is 72.8 Å². The third-order valence-electron chi connectivity index (χ3n) is 7.45. The summed E-state index contributed by atoms with van der Waals surface area (Å²) in [6.07, 6.45) is 1.57. The standard InChI is InChI=1S/C40H31ClN4O3S2/c1-26-35(28-14-5-2-6-15-28)44-40(49-26)45-39(48)36(29-16-7-3-8-17-29)50-33-22-12-21-32(25-33)42-38(47)34(24-27-13-11-20-31(41)23-27)43-37(46)30-18-9-4-10-19-30/h2-25,36H,1H3,(H,42,47)(H,43,46)(H,44,45,48)/b34-24-. The van der Waals surface area contributed by atoms with Gasteiger partial charge in [0.05, 0.1) is 5.69 Å². The number of hydrogen-bond acceptors (Lipinski definition) is 6. The van der Waals surface area contributed by atoms with Gasteiger partial charge in [-0.3, -0.25) is 14.4 Å². The Morgan fingerprint density at radius 1 is 0.780 bits per heavy atom. The van der Waals surface area contributed by atoms with Crippen molar-refractivity contribution in [1.29, 1.82) is 0 Å². The molecular formula is C40H31ClN4O3S2. The number of rotatable bonds is 11. The Morgan fingerprint density at radius 3 is 2.18 bits per heavy atom. The van der Waals surface area contributed by atoms with Crippen LogP contribution in [0.5, 0.6) is 0 Å². The molecule has 5 aromatic carbocycles. The lowest BCUT2D eigenvalue weighted by Gasteiger charge is -2.17. The first-order valence-corrected chi connectivity index (χ1v) is 17.7. The summed E-state index contributed by atoms with van der Waals surface area (Å²) in [5, 5.41) is 9.08. The minimum absolute atomic E-state index is 0.0364. The molecule has 1 atom stereocenters. The zero-order valence-electron chi connectivity index (χ0n) is 26.8. The molecule has 1 unspecified atom stereocenters. The van der Waals surface area contributed by atoms with Crippen LogP contribution in [-0.2, 0) is 9.59 Å². The van der Waals surface area contributed by atoms with Crippen LogP contribution >= 0.6 is 34.7 Å². The monoisotopic (exact) mass is 714 g/mol. The molecule has 1 heterocycles. The zero-order chi connectivity index (χ0) is 34.9. The van der Waals surface area contributed by atoms with Crippen LogP contribution in [0.4, 0.5) is 10.8 Å². The number of amides is 3. The molecule has 1 aromatic heterocycles. The number of hydrogen-bond donors (Lipinski definition) is 3. The van der Waals surface area contributed by atoms with Crippen LogP contribution in [0, 0.1) is 6.92 Å². The quantitative estimate of drug-likeness (QED) is 0.0917. The molecule has 0 bridgehead atoms. The Labute approximate surface area is 303 Å². The highest BCUT2D eigenvalue weighted by atomic mass is 35.5. The molecule has 3 N–H and O–H groups in total. The number of thiazole rings is 1. The van der Waals surface area contributed by atoms with Crippen molar-refractivity contribution in [3.8, 4) is 11.3 Å². The minimum Gasteiger partial charge on any atom is -0.321 e. The van der Waals surface area contributed by atoms with Crippen LogP contribution in [0.25, 0.3) is 17.3 Å². The maximum Gasteiger partial charge on any atom is 0.272 e. The first-order chi connectivity index (χ1) is 24.3. The van der Waals surface area contributed by atoms with Crippen LogP contribution in [0.2, 0.25) is 5.02 Å². The van der Waals surface area contributed by atoms with Crippen LogP contribution in [-0.4, -0.2) is 22.7 Å². The van der Waals surface area contributed by atoms with Gasteiger partial charge >= 0.3 is 0 Å². The number of aromatic nitrogens is 1. The molecular weight excluding hydrogens is 684 g/mol. The lowest BCUT2D eigenvalue weighted by Crippen LogP contribution is -2.30. The summed E-state index contributed by atoms with van der Waals surface area (Å²) in [6.45, 7) is 1.99. The van der Waals surface area contributed by atoms with E-state index in [2.05, 4.69) is 16.0 Å². The maximum atomic E-state index is 13.9. The predicted molar refractivity (Wildman–Crippen MR) is 204 cm³/mol. The molecule has 0 saturated carbocycles. The molecule has 0 saturated heterocycles. The van der Waals surface area contributed by atoms with Crippen molar-refractivity contribution >= 4 is 69.3 Å². The van der Waals surface area contributed by atoms with E-state index in [1.807, 2.05) is 79.7 Å². The van der Waals surface area contributed by atoms with Gasteiger partial charge in [0.15, 0.2) is 5.13 Å². The number of aryl methyl sites for hydroxylation is 1. The van der Waals surface area contributed by atoms with Crippen LogP contribution in [0.3, 0.4) is 0 Å². The Balaban J connectivity index is 1.22. The van der Waals surface area contributed by atoms with E-state index in [-0.39, 0.29) is 11.6 Å². The van der Waals surface area contributed by atoms with E-state index >= 15 is 0 Å². The second-order valence-corrected chi connectivity index (χ2v) is 13.9. The molecule has 3 amide bonds. The Bertz CT molecular complexity index is 2160. The number of nitrogens with zero attached hydrogens (tertiary/aromatic N) is 1. The van der Waals surface area contributed by atoms with Crippen molar-refractivity contribution < 1.29 is 14.4 Å². The summed E-state index contributed by atoms with van der Waals surface area (Å²) in [4.78, 5) is 47.1. The molecule has 0 aliphatic rings. The molecule has 6 rings (SSSR count). The average Bonchev–Trinajstić information content (AvgIpc) is 3.50. The van der Waals surface area contributed by atoms with Crippen LogP contribution in [0.15, 0.2) is 150 Å². The summed E-state index contributed by atoms with van der Waals surface area (Å²) < 4.78 is 0. The summed E-state index contributed by atoms with van der Waals surface area (Å²) in [6, 6.07) is 42.2. The van der Waals surface area contributed by atoms with E-state index < -0.39 is 17.1 Å². The highest BCUT2D eigenvalue weighted by molar-refractivity contribution is 8.00. The number of benzene rings is 5. The van der Waals surface area contributed by atoms with Gasteiger partial charge in [0.2, 0.25) is 5.91 Å². The molecule has 6 aromatic rings. The lowest BCUT2D eigenvalue weighted by atomic mass is 10.1. The van der Waals surface area contributed by atoms with Gasteiger partial charge in [-0.2, -0.15) is 0 Å². The molecule has 10 heteroatoms. The highest BCUT2D eigenvalue weighted by Crippen LogP contribution is 2.38. The predicted octanol–water partition coefficient (Wildman–Crippen LogP) is 9.65. The number of halogens is 1. The summed E-state index contributed by atoms with van der Waals surface area (Å²) in [5.74, 6) is -1.18. The number of thioether (sulfide) groups is 1. The maximum absolute atomic E-state index is 13.9. The molecule has 0 aliphatic carbocycles. The van der Waals surface area contributed by atoms with Gasteiger partial charge in [0.1, 0.15) is 10.9 Å². The zero-order valence-corrected chi connectivity index (χ0v) is 29.2. The fraction of sp³-hybridized carbons (Fsp3) is 0.0500. The van der Waals surface area contributed by atoms with E-state index in [4.69, 9.17) is 16.6 Å². The topological polar surface area (TPSA) is 100 Å². The van der Waals surface area contributed by atoms with Crippen LogP contribution < -0.4 is 16.0 Å². The summed E-state index contributed by atoms with van der Waals surface area (Å²) in [7, 11) is 0. The highest BCUT2D eigenvalue weighted by Gasteiger charge is 2.24. The van der Waals surface area contributed by atoms with Crippen molar-refractivity contribution in [2.75, 3.05) is 10.6 Å². The lowest BCUT2D eigenvalue weighted by molar-refractivity contribution is -0.116. The minimum atomic E-state index is -0.616. The van der Waals surface area contributed by atoms with Crippen molar-refractivity contribution in [3.05, 3.63) is 172 Å². The molecule has 0 fully saturated rings. The second kappa shape index (κ2) is 16.3. The van der Waals surface area contributed by atoms with E-state index in [0.717, 1.165) is 26.6 Å². The summed E-state index contributed by atoms with van der Waals surface area (Å²) >= 11 is 8.98. The van der Waals surface area contributed by atoms with Crippen molar-refractivity contribution in [2.24, 2.45) is 0 Å². The fourth-order valence-corrected chi connectivity index (χ4v) is 7.19. The fourth-order valence-electron chi connectivity index (χ4n) is 5.07. The molecule has 248 valence electrons. The summed E-state index contributed by atoms with van der Waals surface area (Å²) in [5.41, 5.74) is 4.21. The van der Waals surface area contributed by atoms with Gasteiger partial charge in [-0.25, -0.2) is 4.98 Å². The molecule has 0 radical (unpaired) electrons.